The maximum atomic E-state index is 14.7. The molecule has 0 spiro atoms. The molecular formula is C21H39F. The molecule has 2 fully saturated rings. The molecule has 22 heavy (non-hydrogen) atoms. The molecule has 130 valence electrons. The van der Waals surface area contributed by atoms with Gasteiger partial charge in [-0.1, -0.05) is 65.2 Å². The zero-order valence-corrected chi connectivity index (χ0v) is 15.2. The van der Waals surface area contributed by atoms with Crippen LogP contribution in [0.25, 0.3) is 0 Å². The second-order valence-corrected chi connectivity index (χ2v) is 8.37. The van der Waals surface area contributed by atoms with Crippen molar-refractivity contribution in [2.45, 2.75) is 116 Å². The van der Waals surface area contributed by atoms with Crippen LogP contribution in [0.4, 0.5) is 4.39 Å². The fourth-order valence-corrected chi connectivity index (χ4v) is 5.00. The number of hydrogen-bond donors (Lipinski definition) is 0. The Morgan fingerprint density at radius 3 is 1.95 bits per heavy atom. The van der Waals surface area contributed by atoms with Crippen molar-refractivity contribution in [3.63, 3.8) is 0 Å². The molecule has 0 aliphatic heterocycles. The molecule has 2 rings (SSSR count). The molecule has 0 aromatic carbocycles. The van der Waals surface area contributed by atoms with E-state index in [1.54, 1.807) is 0 Å². The van der Waals surface area contributed by atoms with Gasteiger partial charge in [0.05, 0.1) is 0 Å². The molecule has 0 amide bonds. The van der Waals surface area contributed by atoms with E-state index in [0.29, 0.717) is 0 Å². The molecule has 2 saturated carbocycles. The van der Waals surface area contributed by atoms with Crippen LogP contribution in [0.15, 0.2) is 0 Å². The zero-order chi connectivity index (χ0) is 15.8. The first kappa shape index (κ1) is 18.3. The lowest BCUT2D eigenvalue weighted by Crippen LogP contribution is -2.33. The van der Waals surface area contributed by atoms with E-state index in [4.69, 9.17) is 0 Å². The first-order chi connectivity index (χ1) is 10.7. The van der Waals surface area contributed by atoms with Gasteiger partial charge >= 0.3 is 0 Å². The highest BCUT2D eigenvalue weighted by Crippen LogP contribution is 2.45. The van der Waals surface area contributed by atoms with Gasteiger partial charge in [-0.25, -0.2) is 4.39 Å². The van der Waals surface area contributed by atoms with Crippen molar-refractivity contribution in [3.8, 4) is 0 Å². The zero-order valence-electron chi connectivity index (χ0n) is 15.2. The standard InChI is InChI=1S/C21H39F/c1-3-5-7-8-18-9-11-19(12-10-18)20-13-16-21(22,17-14-20)15-6-4-2/h18-20H,3-17H2,1-2H3/t18?,19?,20-,21+. The molecule has 0 saturated heterocycles. The van der Waals surface area contributed by atoms with Gasteiger partial charge in [-0.15, -0.1) is 0 Å². The lowest BCUT2D eigenvalue weighted by molar-refractivity contribution is 0.0459. The molecule has 0 nitrogen and oxygen atoms in total. The van der Waals surface area contributed by atoms with Crippen LogP contribution in [0, 0.1) is 17.8 Å². The Hall–Kier alpha value is -0.0700. The minimum Gasteiger partial charge on any atom is -0.244 e. The molecule has 0 aromatic rings. The van der Waals surface area contributed by atoms with Crippen LogP contribution < -0.4 is 0 Å². The van der Waals surface area contributed by atoms with Crippen molar-refractivity contribution in [2.24, 2.45) is 17.8 Å². The monoisotopic (exact) mass is 310 g/mol. The quantitative estimate of drug-likeness (QED) is 0.408. The second kappa shape index (κ2) is 9.28. The largest absolute Gasteiger partial charge is 0.244 e. The summed E-state index contributed by atoms with van der Waals surface area (Å²) in [6.07, 6.45) is 18.6. The summed E-state index contributed by atoms with van der Waals surface area (Å²) in [6, 6.07) is 0. The Balaban J connectivity index is 1.66. The number of hydrogen-bond acceptors (Lipinski definition) is 0. The molecular weight excluding hydrogens is 271 g/mol. The van der Waals surface area contributed by atoms with Crippen molar-refractivity contribution in [2.75, 3.05) is 0 Å². The predicted molar refractivity (Wildman–Crippen MR) is 94.9 cm³/mol. The van der Waals surface area contributed by atoms with Gasteiger partial charge in [-0.3, -0.25) is 0 Å². The van der Waals surface area contributed by atoms with Crippen LogP contribution in [-0.4, -0.2) is 5.67 Å². The van der Waals surface area contributed by atoms with Gasteiger partial charge in [-0.05, 0) is 62.7 Å². The summed E-state index contributed by atoms with van der Waals surface area (Å²) < 4.78 is 14.7. The Bertz CT molecular complexity index is 282. The van der Waals surface area contributed by atoms with Crippen molar-refractivity contribution in [3.05, 3.63) is 0 Å². The SMILES string of the molecule is CCCCCC1CCC([C@H]2CC[C@](F)(CCCC)CC2)CC1. The normalized spacial score (nSPS) is 36.4. The summed E-state index contributed by atoms with van der Waals surface area (Å²) in [6.45, 7) is 4.47. The Labute approximate surface area is 138 Å². The topological polar surface area (TPSA) is 0 Å². The third kappa shape index (κ3) is 5.53. The van der Waals surface area contributed by atoms with Crippen LogP contribution >= 0.6 is 0 Å². The number of rotatable bonds is 8. The molecule has 2 aliphatic rings. The number of unbranched alkanes of at least 4 members (excludes halogenated alkanes) is 3. The van der Waals surface area contributed by atoms with E-state index in [-0.39, 0.29) is 0 Å². The molecule has 0 atom stereocenters. The van der Waals surface area contributed by atoms with Crippen LogP contribution in [0.3, 0.4) is 0 Å². The molecule has 2 aliphatic carbocycles. The molecule has 0 N–H and O–H groups in total. The maximum Gasteiger partial charge on any atom is 0.111 e. The van der Waals surface area contributed by atoms with Crippen molar-refractivity contribution < 1.29 is 4.39 Å². The molecule has 0 radical (unpaired) electrons. The molecule has 0 heterocycles. The summed E-state index contributed by atoms with van der Waals surface area (Å²) in [4.78, 5) is 0. The van der Waals surface area contributed by atoms with Crippen LogP contribution in [-0.2, 0) is 0 Å². The molecule has 1 heteroatoms. The van der Waals surface area contributed by atoms with Gasteiger partial charge in [-0.2, -0.15) is 0 Å². The van der Waals surface area contributed by atoms with Crippen LogP contribution in [0.2, 0.25) is 0 Å². The van der Waals surface area contributed by atoms with E-state index in [9.17, 15) is 4.39 Å². The van der Waals surface area contributed by atoms with Gasteiger partial charge < -0.3 is 0 Å². The fraction of sp³-hybridized carbons (Fsp3) is 1.00. The van der Waals surface area contributed by atoms with Gasteiger partial charge in [0.2, 0.25) is 0 Å². The minimum absolute atomic E-state index is 0.802. The van der Waals surface area contributed by atoms with E-state index in [0.717, 1.165) is 49.9 Å². The summed E-state index contributed by atoms with van der Waals surface area (Å²) in [5, 5.41) is 0. The van der Waals surface area contributed by atoms with Crippen LogP contribution in [0.5, 0.6) is 0 Å². The number of alkyl halides is 1. The maximum absolute atomic E-state index is 14.7. The summed E-state index contributed by atoms with van der Waals surface area (Å²) in [7, 11) is 0. The van der Waals surface area contributed by atoms with Crippen molar-refractivity contribution in [1.82, 2.24) is 0 Å². The van der Waals surface area contributed by atoms with E-state index in [2.05, 4.69) is 13.8 Å². The Kier molecular flexibility index (Phi) is 7.71. The van der Waals surface area contributed by atoms with Gasteiger partial charge in [0, 0.05) is 0 Å². The summed E-state index contributed by atoms with van der Waals surface area (Å²) in [5.41, 5.74) is -0.802. The Morgan fingerprint density at radius 1 is 0.773 bits per heavy atom. The van der Waals surface area contributed by atoms with Crippen molar-refractivity contribution >= 4 is 0 Å². The second-order valence-electron chi connectivity index (χ2n) is 8.37. The van der Waals surface area contributed by atoms with Crippen molar-refractivity contribution in [1.29, 1.82) is 0 Å². The van der Waals surface area contributed by atoms with E-state index in [1.165, 1.54) is 64.2 Å². The van der Waals surface area contributed by atoms with Crippen LogP contribution in [0.1, 0.15) is 110 Å². The summed E-state index contributed by atoms with van der Waals surface area (Å²) in [5.74, 6) is 2.79. The van der Waals surface area contributed by atoms with Gasteiger partial charge in [0.15, 0.2) is 0 Å². The highest BCUT2D eigenvalue weighted by atomic mass is 19.1. The summed E-state index contributed by atoms with van der Waals surface area (Å²) >= 11 is 0. The number of halogens is 1. The average molecular weight is 311 g/mol. The third-order valence-electron chi connectivity index (χ3n) is 6.68. The van der Waals surface area contributed by atoms with Gasteiger partial charge in [0.25, 0.3) is 0 Å². The lowest BCUT2D eigenvalue weighted by Gasteiger charge is -2.40. The first-order valence-electron chi connectivity index (χ1n) is 10.4. The van der Waals surface area contributed by atoms with E-state index in [1.807, 2.05) is 0 Å². The third-order valence-corrected chi connectivity index (χ3v) is 6.68. The Morgan fingerprint density at radius 2 is 1.36 bits per heavy atom. The average Bonchev–Trinajstić information content (AvgIpc) is 2.55. The molecule has 0 aromatic heterocycles. The van der Waals surface area contributed by atoms with E-state index >= 15 is 0 Å². The molecule has 0 unspecified atom stereocenters. The smallest absolute Gasteiger partial charge is 0.111 e. The highest BCUT2D eigenvalue weighted by molar-refractivity contribution is 4.89. The fourth-order valence-electron chi connectivity index (χ4n) is 5.00. The molecule has 0 bridgehead atoms. The first-order valence-corrected chi connectivity index (χ1v) is 10.4. The van der Waals surface area contributed by atoms with E-state index < -0.39 is 5.67 Å². The highest BCUT2D eigenvalue weighted by Gasteiger charge is 2.37. The predicted octanol–water partition coefficient (Wildman–Crippen LogP) is 7.46. The minimum atomic E-state index is -0.802. The van der Waals surface area contributed by atoms with Gasteiger partial charge in [0.1, 0.15) is 5.67 Å². The lowest BCUT2D eigenvalue weighted by atomic mass is 9.67.